The molecule has 5 rings (SSSR count). The predicted molar refractivity (Wildman–Crippen MR) is 115 cm³/mol. The summed E-state index contributed by atoms with van der Waals surface area (Å²) in [4.78, 5) is 12.5. The van der Waals surface area contributed by atoms with Gasteiger partial charge in [0.25, 0.3) is 0 Å². The molecule has 1 N–H and O–H groups in total. The Kier molecular flexibility index (Phi) is 5.47. The third-order valence-corrected chi connectivity index (χ3v) is 7.44. The highest BCUT2D eigenvalue weighted by Gasteiger charge is 2.54. The fourth-order valence-corrected chi connectivity index (χ4v) is 5.48. The molecule has 2 aromatic rings. The molecule has 3 heterocycles. The van der Waals surface area contributed by atoms with E-state index < -0.39 is 5.60 Å². The number of hydrogen-bond donors (Lipinski definition) is 1. The van der Waals surface area contributed by atoms with Gasteiger partial charge in [0.2, 0.25) is 0 Å². The Morgan fingerprint density at radius 3 is 2.39 bits per heavy atom. The molecule has 0 amide bonds. The van der Waals surface area contributed by atoms with E-state index >= 15 is 0 Å². The Balaban J connectivity index is 1.42. The molecular formula is C24H29BrNO2+. The number of quaternary nitrogens is 1. The highest BCUT2D eigenvalue weighted by Crippen LogP contribution is 2.46. The van der Waals surface area contributed by atoms with Crippen LogP contribution in [0.4, 0.5) is 0 Å². The molecule has 148 valence electrons. The normalized spacial score (nSPS) is 29.0. The lowest BCUT2D eigenvalue weighted by Crippen LogP contribution is -2.67. The van der Waals surface area contributed by atoms with Crippen molar-refractivity contribution in [1.82, 2.24) is 0 Å². The Hall–Kier alpha value is -1.49. The maximum Gasteiger partial charge on any atom is 0.163 e. The number of benzene rings is 2. The number of carbonyl (C=O) groups excluding carboxylic acids is 1. The molecule has 0 aliphatic carbocycles. The molecule has 4 heteroatoms. The van der Waals surface area contributed by atoms with Gasteiger partial charge < -0.3 is 9.59 Å². The molecular weight excluding hydrogens is 414 g/mol. The summed E-state index contributed by atoms with van der Waals surface area (Å²) in [5, 5.41) is 11.6. The number of rotatable bonds is 6. The van der Waals surface area contributed by atoms with Crippen molar-refractivity contribution in [3.63, 3.8) is 0 Å². The number of piperidine rings is 3. The number of nitrogens with zero attached hydrogens (tertiary/aromatic N) is 1. The van der Waals surface area contributed by atoms with Crippen LogP contribution in [-0.4, -0.2) is 41.6 Å². The first-order chi connectivity index (χ1) is 13.4. The Labute approximate surface area is 176 Å². The highest BCUT2D eigenvalue weighted by atomic mass is 79.9. The molecule has 2 bridgehead atoms. The van der Waals surface area contributed by atoms with Gasteiger partial charge >= 0.3 is 0 Å². The lowest BCUT2D eigenvalue weighted by atomic mass is 9.70. The molecule has 3 nitrogen and oxygen atoms in total. The minimum atomic E-state index is -0.722. The largest absolute Gasteiger partial charge is 0.379 e. The van der Waals surface area contributed by atoms with Gasteiger partial charge in [-0.25, -0.2) is 0 Å². The molecule has 0 spiro atoms. The van der Waals surface area contributed by atoms with Crippen LogP contribution in [0.1, 0.15) is 47.2 Å². The Morgan fingerprint density at radius 2 is 1.75 bits per heavy atom. The minimum Gasteiger partial charge on any atom is -0.379 e. The summed E-state index contributed by atoms with van der Waals surface area (Å²) in [7, 11) is 0. The van der Waals surface area contributed by atoms with Crippen molar-refractivity contribution < 1.29 is 14.4 Å². The number of Topliss-reactive ketones (excluding diaryl/α,β-unsaturated/α-hetero) is 1. The van der Waals surface area contributed by atoms with Gasteiger partial charge in [-0.05, 0) is 24.6 Å². The quantitative estimate of drug-likeness (QED) is 0.512. The van der Waals surface area contributed by atoms with Crippen LogP contribution in [0.15, 0.2) is 53.0 Å². The molecule has 0 aromatic heterocycles. The second-order valence-electron chi connectivity index (χ2n) is 8.77. The first kappa shape index (κ1) is 19.8. The molecule has 0 saturated carbocycles. The highest BCUT2D eigenvalue weighted by molar-refractivity contribution is 9.10. The summed E-state index contributed by atoms with van der Waals surface area (Å²) < 4.78 is 1.95. The van der Waals surface area contributed by atoms with Gasteiger partial charge in [0.15, 0.2) is 5.78 Å². The molecule has 0 radical (unpaired) electrons. The van der Waals surface area contributed by atoms with Gasteiger partial charge in [-0.1, -0.05) is 57.9 Å². The van der Waals surface area contributed by atoms with Crippen molar-refractivity contribution >= 4 is 21.7 Å². The van der Waals surface area contributed by atoms with Crippen molar-refractivity contribution in [2.24, 2.45) is 5.92 Å². The second-order valence-corrected chi connectivity index (χ2v) is 9.68. The predicted octanol–water partition coefficient (Wildman–Crippen LogP) is 4.85. The summed E-state index contributed by atoms with van der Waals surface area (Å²) in [5.74, 6) is 0.575. The van der Waals surface area contributed by atoms with Crippen LogP contribution in [-0.2, 0) is 5.60 Å². The second kappa shape index (κ2) is 7.74. The topological polar surface area (TPSA) is 37.3 Å². The maximum absolute atomic E-state index is 12.5. The summed E-state index contributed by atoms with van der Waals surface area (Å²) in [6.07, 6.45) is 3.60. The number of aryl methyl sites for hydroxylation is 1. The summed E-state index contributed by atoms with van der Waals surface area (Å²) >= 11 is 3.42. The van der Waals surface area contributed by atoms with Gasteiger partial charge in [0.1, 0.15) is 12.1 Å². The van der Waals surface area contributed by atoms with E-state index in [0.717, 1.165) is 65.5 Å². The van der Waals surface area contributed by atoms with Crippen LogP contribution in [0.2, 0.25) is 0 Å². The van der Waals surface area contributed by atoms with Crippen LogP contribution in [0.3, 0.4) is 0 Å². The lowest BCUT2D eigenvalue weighted by molar-refractivity contribution is -0.952. The van der Waals surface area contributed by atoms with Gasteiger partial charge in [-0.15, -0.1) is 0 Å². The lowest BCUT2D eigenvalue weighted by Gasteiger charge is -2.56. The van der Waals surface area contributed by atoms with E-state index in [1.54, 1.807) is 0 Å². The van der Waals surface area contributed by atoms with Gasteiger partial charge in [-0.3, -0.25) is 4.79 Å². The van der Waals surface area contributed by atoms with Crippen molar-refractivity contribution in [3.8, 4) is 0 Å². The molecule has 3 aliphatic rings. The zero-order valence-corrected chi connectivity index (χ0v) is 18.1. The number of carbonyl (C=O) groups is 1. The van der Waals surface area contributed by atoms with Crippen molar-refractivity contribution in [2.75, 3.05) is 26.2 Å². The fourth-order valence-electron chi connectivity index (χ4n) is 5.22. The molecule has 2 aromatic carbocycles. The van der Waals surface area contributed by atoms with E-state index in [1.807, 2.05) is 24.3 Å². The Morgan fingerprint density at radius 1 is 1.11 bits per heavy atom. The first-order valence-electron chi connectivity index (χ1n) is 10.3. The SMILES string of the molecule is Cc1ccc([C@@]2(O)C[N+]3(CCCC(=O)c4ccc(Br)cc4)CCC2CC3)cc1. The van der Waals surface area contributed by atoms with Crippen LogP contribution in [0.25, 0.3) is 0 Å². The monoisotopic (exact) mass is 442 g/mol. The summed E-state index contributed by atoms with van der Waals surface area (Å²) in [6.45, 7) is 6.10. The molecule has 3 saturated heterocycles. The molecule has 28 heavy (non-hydrogen) atoms. The van der Waals surface area contributed by atoms with E-state index in [-0.39, 0.29) is 5.78 Å². The zero-order chi connectivity index (χ0) is 19.8. The molecule has 1 atom stereocenters. The van der Waals surface area contributed by atoms with E-state index in [9.17, 15) is 9.90 Å². The molecule has 3 fully saturated rings. The van der Waals surface area contributed by atoms with Gasteiger partial charge in [-0.2, -0.15) is 0 Å². The third-order valence-electron chi connectivity index (χ3n) is 6.91. The van der Waals surface area contributed by atoms with Crippen LogP contribution >= 0.6 is 15.9 Å². The fraction of sp³-hybridized carbons (Fsp3) is 0.458. The molecule has 0 unspecified atom stereocenters. The van der Waals surface area contributed by atoms with E-state index in [0.29, 0.717) is 12.3 Å². The van der Waals surface area contributed by atoms with Crippen molar-refractivity contribution in [3.05, 3.63) is 69.7 Å². The standard InChI is InChI=1S/C24H29BrNO2/c1-18-4-8-20(9-5-18)24(28)17-26(15-12-21(24)13-16-26)14-2-3-23(27)19-6-10-22(25)11-7-19/h4-11,21,28H,2-3,12-17H2,1H3/q+1/t21?,24-,26?/m0/s1. The molecule has 3 aliphatic heterocycles. The number of ketones is 1. The third kappa shape index (κ3) is 3.83. The Bertz CT molecular complexity index is 838. The number of aliphatic hydroxyl groups is 1. The van der Waals surface area contributed by atoms with Crippen LogP contribution in [0, 0.1) is 12.8 Å². The van der Waals surface area contributed by atoms with Crippen molar-refractivity contribution in [1.29, 1.82) is 0 Å². The zero-order valence-electron chi connectivity index (χ0n) is 16.5. The van der Waals surface area contributed by atoms with E-state index in [1.165, 1.54) is 5.56 Å². The van der Waals surface area contributed by atoms with Gasteiger partial charge in [0, 0.05) is 41.6 Å². The van der Waals surface area contributed by atoms with Crippen LogP contribution in [0.5, 0.6) is 0 Å². The first-order valence-corrected chi connectivity index (χ1v) is 11.1. The van der Waals surface area contributed by atoms with Gasteiger partial charge in [0.05, 0.1) is 19.6 Å². The van der Waals surface area contributed by atoms with Crippen molar-refractivity contribution in [2.45, 2.75) is 38.2 Å². The van der Waals surface area contributed by atoms with Crippen LogP contribution < -0.4 is 0 Å². The average Bonchev–Trinajstić information content (AvgIpc) is 2.69. The van der Waals surface area contributed by atoms with E-state index in [4.69, 9.17) is 0 Å². The summed E-state index contributed by atoms with van der Waals surface area (Å²) in [6, 6.07) is 16.0. The number of hydrogen-bond acceptors (Lipinski definition) is 2. The summed E-state index contributed by atoms with van der Waals surface area (Å²) in [5.41, 5.74) is 2.36. The average molecular weight is 443 g/mol. The smallest absolute Gasteiger partial charge is 0.163 e. The maximum atomic E-state index is 12.5. The number of fused-ring (bicyclic) bond motifs is 3. The number of halogens is 1. The van der Waals surface area contributed by atoms with E-state index in [2.05, 4.69) is 47.1 Å². The minimum absolute atomic E-state index is 0.214.